The summed E-state index contributed by atoms with van der Waals surface area (Å²) in [5, 5.41) is 10.3. The second-order valence-electron chi connectivity index (χ2n) is 6.81. The van der Waals surface area contributed by atoms with E-state index in [1.165, 1.54) is 5.56 Å². The van der Waals surface area contributed by atoms with E-state index in [4.69, 9.17) is 0 Å². The lowest BCUT2D eigenvalue weighted by molar-refractivity contribution is 0.427. The standard InChI is InChI=1S/C18H32N4/c1-14(16-10-8-7-9-11-16)15(2)22-17(19-6)20-12-13-21-18(3,4)5/h7-11,14-15,21H,12-13H2,1-6H3,(H2,19,20,22). The van der Waals surface area contributed by atoms with Gasteiger partial charge in [-0.25, -0.2) is 0 Å². The van der Waals surface area contributed by atoms with Crippen LogP contribution in [0.2, 0.25) is 0 Å². The molecule has 4 heteroatoms. The molecule has 124 valence electrons. The van der Waals surface area contributed by atoms with Gasteiger partial charge in [-0.15, -0.1) is 0 Å². The van der Waals surface area contributed by atoms with Gasteiger partial charge in [0.2, 0.25) is 0 Å². The van der Waals surface area contributed by atoms with Crippen LogP contribution in [0, 0.1) is 0 Å². The molecule has 0 aliphatic heterocycles. The average molecular weight is 304 g/mol. The molecule has 0 radical (unpaired) electrons. The lowest BCUT2D eigenvalue weighted by atomic mass is 9.94. The fourth-order valence-electron chi connectivity index (χ4n) is 2.20. The first-order valence-corrected chi connectivity index (χ1v) is 8.10. The van der Waals surface area contributed by atoms with Crippen LogP contribution in [0.15, 0.2) is 35.3 Å². The Morgan fingerprint density at radius 1 is 1.09 bits per heavy atom. The van der Waals surface area contributed by atoms with E-state index < -0.39 is 0 Å². The van der Waals surface area contributed by atoms with Gasteiger partial charge in [0.1, 0.15) is 0 Å². The highest BCUT2D eigenvalue weighted by atomic mass is 15.2. The third kappa shape index (κ3) is 6.94. The van der Waals surface area contributed by atoms with E-state index in [9.17, 15) is 0 Å². The van der Waals surface area contributed by atoms with E-state index >= 15 is 0 Å². The third-order valence-corrected chi connectivity index (χ3v) is 3.74. The number of guanidine groups is 1. The molecular weight excluding hydrogens is 272 g/mol. The van der Waals surface area contributed by atoms with Crippen LogP contribution < -0.4 is 16.0 Å². The van der Waals surface area contributed by atoms with Crippen LogP contribution in [0.25, 0.3) is 0 Å². The van der Waals surface area contributed by atoms with E-state index in [0.29, 0.717) is 12.0 Å². The van der Waals surface area contributed by atoms with Crippen LogP contribution in [0.5, 0.6) is 0 Å². The molecule has 0 amide bonds. The molecule has 22 heavy (non-hydrogen) atoms. The monoisotopic (exact) mass is 304 g/mol. The largest absolute Gasteiger partial charge is 0.355 e. The molecule has 3 N–H and O–H groups in total. The van der Waals surface area contributed by atoms with Crippen molar-refractivity contribution < 1.29 is 0 Å². The fourth-order valence-corrected chi connectivity index (χ4v) is 2.20. The predicted octanol–water partition coefficient (Wildman–Crippen LogP) is 2.73. The molecule has 0 heterocycles. The second-order valence-corrected chi connectivity index (χ2v) is 6.81. The van der Waals surface area contributed by atoms with Crippen LogP contribution >= 0.6 is 0 Å². The highest BCUT2D eigenvalue weighted by molar-refractivity contribution is 5.80. The van der Waals surface area contributed by atoms with E-state index in [1.54, 1.807) is 0 Å². The van der Waals surface area contributed by atoms with Crippen LogP contribution in [0.4, 0.5) is 0 Å². The first-order chi connectivity index (χ1) is 10.3. The molecule has 0 aromatic heterocycles. The molecular formula is C18H32N4. The molecule has 0 spiro atoms. The zero-order valence-corrected chi connectivity index (χ0v) is 14.9. The zero-order chi connectivity index (χ0) is 16.6. The van der Waals surface area contributed by atoms with Crippen molar-refractivity contribution in [2.24, 2.45) is 4.99 Å². The summed E-state index contributed by atoms with van der Waals surface area (Å²) in [4.78, 5) is 4.30. The number of hydrogen-bond acceptors (Lipinski definition) is 2. The summed E-state index contributed by atoms with van der Waals surface area (Å²) in [6.07, 6.45) is 0. The second kappa shape index (κ2) is 8.79. The summed E-state index contributed by atoms with van der Waals surface area (Å²) >= 11 is 0. The Labute approximate surface area is 135 Å². The highest BCUT2D eigenvalue weighted by Crippen LogP contribution is 2.18. The summed E-state index contributed by atoms with van der Waals surface area (Å²) < 4.78 is 0. The third-order valence-electron chi connectivity index (χ3n) is 3.74. The molecule has 0 bridgehead atoms. The molecule has 2 unspecified atom stereocenters. The number of benzene rings is 1. The van der Waals surface area contributed by atoms with Crippen LogP contribution in [0.1, 0.15) is 46.1 Å². The van der Waals surface area contributed by atoms with Crippen molar-refractivity contribution >= 4 is 5.96 Å². The van der Waals surface area contributed by atoms with Gasteiger partial charge in [0, 0.05) is 37.6 Å². The lowest BCUT2D eigenvalue weighted by Crippen LogP contribution is -2.47. The molecule has 4 nitrogen and oxygen atoms in total. The van der Waals surface area contributed by atoms with Crippen molar-refractivity contribution in [3.8, 4) is 0 Å². The van der Waals surface area contributed by atoms with Crippen molar-refractivity contribution in [2.75, 3.05) is 20.1 Å². The number of nitrogens with one attached hydrogen (secondary N) is 3. The van der Waals surface area contributed by atoms with E-state index in [-0.39, 0.29) is 5.54 Å². The van der Waals surface area contributed by atoms with Crippen LogP contribution in [-0.4, -0.2) is 37.7 Å². The fraction of sp³-hybridized carbons (Fsp3) is 0.611. The molecule has 1 rings (SSSR count). The molecule has 0 aliphatic carbocycles. The van der Waals surface area contributed by atoms with Crippen molar-refractivity contribution in [1.29, 1.82) is 0 Å². The normalized spacial score (nSPS) is 15.3. The van der Waals surface area contributed by atoms with Gasteiger partial charge in [-0.1, -0.05) is 37.3 Å². The molecule has 0 fully saturated rings. The SMILES string of the molecule is CN=C(NCCNC(C)(C)C)NC(C)C(C)c1ccccc1. The maximum Gasteiger partial charge on any atom is 0.191 e. The van der Waals surface area contributed by atoms with Gasteiger partial charge in [-0.05, 0) is 33.3 Å². The maximum atomic E-state index is 4.30. The zero-order valence-electron chi connectivity index (χ0n) is 14.9. The van der Waals surface area contributed by atoms with E-state index in [0.717, 1.165) is 19.0 Å². The van der Waals surface area contributed by atoms with Gasteiger partial charge in [0.05, 0.1) is 0 Å². The number of aliphatic imine (C=N–C) groups is 1. The first kappa shape index (κ1) is 18.5. The van der Waals surface area contributed by atoms with Crippen LogP contribution in [-0.2, 0) is 0 Å². The summed E-state index contributed by atoms with van der Waals surface area (Å²) in [5.41, 5.74) is 1.49. The van der Waals surface area contributed by atoms with Gasteiger partial charge in [0.25, 0.3) is 0 Å². The number of nitrogens with zero attached hydrogens (tertiary/aromatic N) is 1. The van der Waals surface area contributed by atoms with Crippen LogP contribution in [0.3, 0.4) is 0 Å². The lowest BCUT2D eigenvalue weighted by Gasteiger charge is -2.25. The van der Waals surface area contributed by atoms with Gasteiger partial charge < -0.3 is 16.0 Å². The Bertz CT molecular complexity index is 448. The number of hydrogen-bond donors (Lipinski definition) is 3. The summed E-state index contributed by atoms with van der Waals surface area (Å²) in [6, 6.07) is 10.9. The maximum absolute atomic E-state index is 4.30. The molecule has 1 aromatic rings. The van der Waals surface area contributed by atoms with Crippen molar-refractivity contribution in [3.63, 3.8) is 0 Å². The van der Waals surface area contributed by atoms with Gasteiger partial charge >= 0.3 is 0 Å². The molecule has 0 saturated carbocycles. The quantitative estimate of drug-likeness (QED) is 0.430. The van der Waals surface area contributed by atoms with Crippen molar-refractivity contribution in [2.45, 2.75) is 52.1 Å². The Kier molecular flexibility index (Phi) is 7.39. The van der Waals surface area contributed by atoms with Gasteiger partial charge in [-0.3, -0.25) is 4.99 Å². The topological polar surface area (TPSA) is 48.5 Å². The minimum Gasteiger partial charge on any atom is -0.355 e. The summed E-state index contributed by atoms with van der Waals surface area (Å²) in [7, 11) is 1.81. The van der Waals surface area contributed by atoms with E-state index in [2.05, 4.69) is 85.9 Å². The van der Waals surface area contributed by atoms with Gasteiger partial charge in [0.15, 0.2) is 5.96 Å². The van der Waals surface area contributed by atoms with Crippen molar-refractivity contribution in [1.82, 2.24) is 16.0 Å². The van der Waals surface area contributed by atoms with Crippen molar-refractivity contribution in [3.05, 3.63) is 35.9 Å². The minimum atomic E-state index is 0.147. The Morgan fingerprint density at radius 2 is 1.73 bits per heavy atom. The minimum absolute atomic E-state index is 0.147. The molecule has 1 aromatic carbocycles. The summed E-state index contributed by atoms with van der Waals surface area (Å²) in [5.74, 6) is 1.28. The molecule has 2 atom stereocenters. The highest BCUT2D eigenvalue weighted by Gasteiger charge is 2.15. The van der Waals surface area contributed by atoms with E-state index in [1.807, 2.05) is 7.05 Å². The smallest absolute Gasteiger partial charge is 0.191 e. The Balaban J connectivity index is 2.42. The van der Waals surface area contributed by atoms with Gasteiger partial charge in [-0.2, -0.15) is 0 Å². The Morgan fingerprint density at radius 3 is 2.27 bits per heavy atom. The molecule has 0 aliphatic rings. The predicted molar refractivity (Wildman–Crippen MR) is 96.6 cm³/mol. The molecule has 0 saturated heterocycles. The average Bonchev–Trinajstić information content (AvgIpc) is 2.49. The number of rotatable bonds is 6. The first-order valence-electron chi connectivity index (χ1n) is 8.10. The Hall–Kier alpha value is -1.55. The summed E-state index contributed by atoms with van der Waals surface area (Å²) in [6.45, 7) is 12.7.